The number of aryl methyl sites for hydroxylation is 1. The molecule has 1 aliphatic rings. The zero-order valence-electron chi connectivity index (χ0n) is 17.0. The Morgan fingerprint density at radius 2 is 1.74 bits per heavy atom. The van der Waals surface area contributed by atoms with Crippen LogP contribution >= 0.6 is 0 Å². The summed E-state index contributed by atoms with van der Waals surface area (Å²) in [6.07, 6.45) is -2.15. The van der Waals surface area contributed by atoms with E-state index in [0.29, 0.717) is 0 Å². The molecule has 31 heavy (non-hydrogen) atoms. The van der Waals surface area contributed by atoms with Gasteiger partial charge in [0.2, 0.25) is 5.95 Å². The number of ether oxygens (including phenoxy) is 1. The van der Waals surface area contributed by atoms with Crippen molar-refractivity contribution in [2.24, 2.45) is 0 Å². The number of benzene rings is 2. The first-order valence-corrected chi connectivity index (χ1v) is 10.0. The summed E-state index contributed by atoms with van der Waals surface area (Å²) in [6.45, 7) is 1.44. The minimum absolute atomic E-state index is 0.0677. The Bertz CT molecular complexity index is 1060. The predicted octanol–water partition coefficient (Wildman–Crippen LogP) is 3.46. The average Bonchev–Trinajstić information content (AvgIpc) is 3.11. The van der Waals surface area contributed by atoms with E-state index in [2.05, 4.69) is 22.4 Å². The number of amides is 1. The van der Waals surface area contributed by atoms with E-state index < -0.39 is 24.2 Å². The molecule has 0 aliphatic heterocycles. The number of aromatic nitrogens is 1. The van der Waals surface area contributed by atoms with Crippen LogP contribution in [0.25, 0.3) is 11.1 Å². The van der Waals surface area contributed by atoms with Crippen molar-refractivity contribution in [1.29, 1.82) is 0 Å². The molecule has 1 aromatic heterocycles. The number of fused-ring (bicyclic) bond motifs is 3. The van der Waals surface area contributed by atoms with Crippen LogP contribution in [-0.4, -0.2) is 40.5 Å². The number of aliphatic hydroxyl groups excluding tert-OH is 2. The Morgan fingerprint density at radius 3 is 2.35 bits per heavy atom. The average molecular weight is 422 g/mol. The van der Waals surface area contributed by atoms with Gasteiger partial charge in [-0.05, 0) is 35.2 Å². The van der Waals surface area contributed by atoms with Gasteiger partial charge in [-0.2, -0.15) is 4.39 Å². The van der Waals surface area contributed by atoms with Gasteiger partial charge < -0.3 is 20.3 Å². The van der Waals surface area contributed by atoms with Gasteiger partial charge in [0.25, 0.3) is 0 Å². The molecule has 2 aromatic carbocycles. The molecule has 2 atom stereocenters. The summed E-state index contributed by atoms with van der Waals surface area (Å²) in [5.74, 6) is -0.705. The molecule has 1 amide bonds. The molecule has 0 fully saturated rings. The third-order valence-electron chi connectivity index (χ3n) is 5.54. The van der Waals surface area contributed by atoms with Crippen molar-refractivity contribution in [3.05, 3.63) is 89.0 Å². The van der Waals surface area contributed by atoms with Crippen LogP contribution in [-0.2, 0) is 4.74 Å². The molecule has 1 heterocycles. The number of rotatable bonds is 6. The molecular weight excluding hydrogens is 399 g/mol. The molecule has 3 aromatic rings. The second kappa shape index (κ2) is 8.83. The molecule has 0 saturated heterocycles. The summed E-state index contributed by atoms with van der Waals surface area (Å²) < 4.78 is 18.7. The maximum atomic E-state index is 13.3. The molecule has 6 nitrogen and oxygen atoms in total. The van der Waals surface area contributed by atoms with Crippen LogP contribution in [0.2, 0.25) is 0 Å². The SMILES string of the molecule is Cc1cc(C(O)C(O)CNC(=O)OCC2c3ccccc3-c3ccccc32)cnc1F. The first-order valence-electron chi connectivity index (χ1n) is 10.0. The van der Waals surface area contributed by atoms with Gasteiger partial charge in [-0.3, -0.25) is 0 Å². The van der Waals surface area contributed by atoms with E-state index in [1.165, 1.54) is 13.0 Å². The van der Waals surface area contributed by atoms with Crippen molar-refractivity contribution in [2.75, 3.05) is 13.2 Å². The smallest absolute Gasteiger partial charge is 0.407 e. The van der Waals surface area contributed by atoms with Crippen molar-refractivity contribution < 1.29 is 24.1 Å². The Labute approximate surface area is 179 Å². The number of carbonyl (C=O) groups excluding carboxylic acids is 1. The first kappa shape index (κ1) is 21.0. The van der Waals surface area contributed by atoms with Gasteiger partial charge in [0, 0.05) is 29.8 Å². The number of alkyl carbamates (subject to hydrolysis) is 1. The summed E-state index contributed by atoms with van der Waals surface area (Å²) in [7, 11) is 0. The standard InChI is InChI=1S/C24H23FN2O4/c1-14-10-15(11-26-23(14)25)22(29)21(28)12-27-24(30)31-13-20-18-8-4-2-6-16(18)17-7-3-5-9-19(17)20/h2-11,20-22,28-29H,12-13H2,1H3,(H,27,30). The number of nitrogens with zero attached hydrogens (tertiary/aromatic N) is 1. The summed E-state index contributed by atoms with van der Waals surface area (Å²) >= 11 is 0. The van der Waals surface area contributed by atoms with Gasteiger partial charge in [-0.1, -0.05) is 48.5 Å². The van der Waals surface area contributed by atoms with Gasteiger partial charge in [0.1, 0.15) is 18.8 Å². The largest absolute Gasteiger partial charge is 0.449 e. The van der Waals surface area contributed by atoms with Gasteiger partial charge in [0.15, 0.2) is 0 Å². The van der Waals surface area contributed by atoms with Crippen molar-refractivity contribution in [1.82, 2.24) is 10.3 Å². The number of hydrogen-bond donors (Lipinski definition) is 3. The fourth-order valence-electron chi connectivity index (χ4n) is 3.91. The highest BCUT2D eigenvalue weighted by Crippen LogP contribution is 2.44. The molecule has 0 bridgehead atoms. The highest BCUT2D eigenvalue weighted by atomic mass is 19.1. The molecule has 7 heteroatoms. The summed E-state index contributed by atoms with van der Waals surface area (Å²) in [5.41, 5.74) is 4.99. The lowest BCUT2D eigenvalue weighted by atomic mass is 9.98. The molecule has 3 N–H and O–H groups in total. The maximum absolute atomic E-state index is 13.3. The highest BCUT2D eigenvalue weighted by molar-refractivity contribution is 5.79. The zero-order chi connectivity index (χ0) is 22.0. The van der Waals surface area contributed by atoms with Crippen LogP contribution in [0.5, 0.6) is 0 Å². The lowest BCUT2D eigenvalue weighted by Crippen LogP contribution is -2.36. The highest BCUT2D eigenvalue weighted by Gasteiger charge is 2.29. The van der Waals surface area contributed by atoms with E-state index in [1.54, 1.807) is 0 Å². The molecule has 2 unspecified atom stereocenters. The number of aliphatic hydroxyl groups is 2. The maximum Gasteiger partial charge on any atom is 0.407 e. The summed E-state index contributed by atoms with van der Waals surface area (Å²) in [5, 5.41) is 22.9. The van der Waals surface area contributed by atoms with Crippen LogP contribution in [0, 0.1) is 12.9 Å². The van der Waals surface area contributed by atoms with Crippen molar-refractivity contribution in [3.8, 4) is 11.1 Å². The minimum atomic E-state index is -1.32. The third-order valence-corrected chi connectivity index (χ3v) is 5.54. The zero-order valence-corrected chi connectivity index (χ0v) is 17.0. The summed E-state index contributed by atoms with van der Waals surface area (Å²) in [6, 6.07) is 17.5. The second-order valence-electron chi connectivity index (χ2n) is 7.59. The van der Waals surface area contributed by atoms with E-state index in [0.717, 1.165) is 28.5 Å². The molecule has 0 radical (unpaired) electrons. The van der Waals surface area contributed by atoms with Crippen LogP contribution < -0.4 is 5.32 Å². The Hall–Kier alpha value is -3.29. The molecule has 1 aliphatic carbocycles. The van der Waals surface area contributed by atoms with Crippen molar-refractivity contribution in [2.45, 2.75) is 25.0 Å². The Morgan fingerprint density at radius 1 is 1.13 bits per heavy atom. The van der Waals surface area contributed by atoms with E-state index in [-0.39, 0.29) is 30.2 Å². The fourth-order valence-corrected chi connectivity index (χ4v) is 3.91. The van der Waals surface area contributed by atoms with Crippen LogP contribution in [0.3, 0.4) is 0 Å². The fraction of sp³-hybridized carbons (Fsp3) is 0.250. The number of carbonyl (C=O) groups is 1. The number of nitrogens with one attached hydrogen (secondary N) is 1. The minimum Gasteiger partial charge on any atom is -0.449 e. The Balaban J connectivity index is 1.34. The van der Waals surface area contributed by atoms with Gasteiger partial charge >= 0.3 is 6.09 Å². The van der Waals surface area contributed by atoms with Crippen LogP contribution in [0.4, 0.5) is 9.18 Å². The van der Waals surface area contributed by atoms with E-state index >= 15 is 0 Å². The van der Waals surface area contributed by atoms with E-state index in [4.69, 9.17) is 4.74 Å². The van der Waals surface area contributed by atoms with Crippen LogP contribution in [0.15, 0.2) is 60.8 Å². The van der Waals surface area contributed by atoms with Crippen molar-refractivity contribution in [3.63, 3.8) is 0 Å². The topological polar surface area (TPSA) is 91.7 Å². The van der Waals surface area contributed by atoms with E-state index in [1.807, 2.05) is 36.4 Å². The predicted molar refractivity (Wildman–Crippen MR) is 113 cm³/mol. The molecular formula is C24H23FN2O4. The molecule has 160 valence electrons. The van der Waals surface area contributed by atoms with E-state index in [9.17, 15) is 19.4 Å². The lowest BCUT2D eigenvalue weighted by Gasteiger charge is -2.19. The van der Waals surface area contributed by atoms with Gasteiger partial charge in [-0.15, -0.1) is 0 Å². The normalized spacial score (nSPS) is 14.5. The van der Waals surface area contributed by atoms with Gasteiger partial charge in [-0.25, -0.2) is 9.78 Å². The van der Waals surface area contributed by atoms with Gasteiger partial charge in [0.05, 0.1) is 0 Å². The van der Waals surface area contributed by atoms with Crippen LogP contribution in [0.1, 0.15) is 34.3 Å². The quantitative estimate of drug-likeness (QED) is 0.529. The Kier molecular flexibility index (Phi) is 5.97. The number of hydrogen-bond acceptors (Lipinski definition) is 5. The number of halogens is 1. The third kappa shape index (κ3) is 4.28. The molecule has 0 spiro atoms. The summed E-state index contributed by atoms with van der Waals surface area (Å²) in [4.78, 5) is 15.7. The first-order chi connectivity index (χ1) is 15.0. The molecule has 4 rings (SSSR count). The number of pyridine rings is 1. The monoisotopic (exact) mass is 422 g/mol. The molecule has 0 saturated carbocycles. The van der Waals surface area contributed by atoms with Crippen molar-refractivity contribution >= 4 is 6.09 Å². The lowest BCUT2D eigenvalue weighted by molar-refractivity contribution is 0.0182. The second-order valence-corrected chi connectivity index (χ2v) is 7.59.